The van der Waals surface area contributed by atoms with Gasteiger partial charge in [-0.05, 0) is 19.4 Å². The van der Waals surface area contributed by atoms with Gasteiger partial charge in [-0.1, -0.05) is 49.3 Å². The molecule has 8 nitrogen and oxygen atoms in total. The maximum absolute atomic E-state index is 13.0. The topological polar surface area (TPSA) is 120 Å². The number of aryl methyl sites for hydroxylation is 2. The lowest BCUT2D eigenvalue weighted by molar-refractivity contribution is -0.115. The van der Waals surface area contributed by atoms with Crippen LogP contribution in [0.4, 0.5) is 5.13 Å². The van der Waals surface area contributed by atoms with E-state index in [4.69, 9.17) is 5.73 Å². The number of unbranched alkanes of at least 4 members (excludes halogenated alkanes) is 2. The second kappa shape index (κ2) is 9.86. The van der Waals surface area contributed by atoms with Crippen LogP contribution in [0.2, 0.25) is 0 Å². The highest BCUT2D eigenvalue weighted by Gasteiger charge is 2.19. The summed E-state index contributed by atoms with van der Waals surface area (Å²) in [6, 6.07) is 6.97. The zero-order valence-corrected chi connectivity index (χ0v) is 18.4. The van der Waals surface area contributed by atoms with Crippen LogP contribution in [0.25, 0.3) is 10.8 Å². The lowest BCUT2D eigenvalue weighted by atomic mass is 10.1. The van der Waals surface area contributed by atoms with E-state index in [1.165, 1.54) is 27.8 Å². The quantitative estimate of drug-likeness (QED) is 0.386. The van der Waals surface area contributed by atoms with Gasteiger partial charge in [0, 0.05) is 11.9 Å². The number of benzene rings is 1. The minimum absolute atomic E-state index is 0.144. The molecular formula is C20H23N5O3S2. The van der Waals surface area contributed by atoms with Gasteiger partial charge < -0.3 is 5.73 Å². The first-order chi connectivity index (χ1) is 14.4. The molecule has 0 bridgehead atoms. The number of nitrogens with two attached hydrogens (primary N) is 1. The van der Waals surface area contributed by atoms with E-state index >= 15 is 0 Å². The summed E-state index contributed by atoms with van der Waals surface area (Å²) in [5.41, 5.74) is 5.89. The normalized spacial score (nSPS) is 11.0. The fourth-order valence-corrected chi connectivity index (χ4v) is 4.80. The molecule has 0 unspecified atom stereocenters. The van der Waals surface area contributed by atoms with E-state index < -0.39 is 11.8 Å². The molecule has 30 heavy (non-hydrogen) atoms. The molecule has 0 saturated carbocycles. The monoisotopic (exact) mass is 445 g/mol. The van der Waals surface area contributed by atoms with E-state index in [-0.39, 0.29) is 17.0 Å². The molecule has 3 N–H and O–H groups in total. The second-order valence-electron chi connectivity index (χ2n) is 6.73. The Balaban J connectivity index is 1.91. The van der Waals surface area contributed by atoms with Crippen molar-refractivity contribution in [2.75, 3.05) is 11.1 Å². The Morgan fingerprint density at radius 3 is 2.67 bits per heavy atom. The van der Waals surface area contributed by atoms with Crippen molar-refractivity contribution in [3.8, 4) is 0 Å². The van der Waals surface area contributed by atoms with Crippen LogP contribution < -0.4 is 16.6 Å². The number of nitrogens with zero attached hydrogens (tertiary/aromatic N) is 3. The van der Waals surface area contributed by atoms with Crippen LogP contribution in [-0.4, -0.2) is 32.3 Å². The predicted molar refractivity (Wildman–Crippen MR) is 120 cm³/mol. The molecule has 3 rings (SSSR count). The van der Waals surface area contributed by atoms with Crippen LogP contribution in [0.1, 0.15) is 42.4 Å². The summed E-state index contributed by atoms with van der Waals surface area (Å²) in [7, 11) is 0. The Labute approximate surface area is 181 Å². The first-order valence-electron chi connectivity index (χ1n) is 9.60. The molecule has 2 heterocycles. The molecule has 0 saturated heterocycles. The van der Waals surface area contributed by atoms with E-state index in [1.54, 1.807) is 31.2 Å². The van der Waals surface area contributed by atoms with Gasteiger partial charge in [-0.15, -0.1) is 11.8 Å². The van der Waals surface area contributed by atoms with Crippen molar-refractivity contribution in [3.05, 3.63) is 46.0 Å². The largest absolute Gasteiger partial charge is 0.369 e. The Bertz CT molecular complexity index is 1140. The third kappa shape index (κ3) is 5.06. The molecule has 2 aromatic heterocycles. The van der Waals surface area contributed by atoms with E-state index in [2.05, 4.69) is 22.3 Å². The number of primary amides is 1. The van der Waals surface area contributed by atoms with Gasteiger partial charge >= 0.3 is 0 Å². The molecule has 0 atom stereocenters. The van der Waals surface area contributed by atoms with Crippen LogP contribution in [0.15, 0.2) is 33.3 Å². The lowest BCUT2D eigenvalue weighted by Gasteiger charge is -2.10. The molecule has 10 heteroatoms. The third-order valence-corrected chi connectivity index (χ3v) is 6.83. The molecule has 3 aromatic rings. The highest BCUT2D eigenvalue weighted by atomic mass is 32.2. The van der Waals surface area contributed by atoms with Gasteiger partial charge in [-0.2, -0.15) is 5.10 Å². The first-order valence-corrected chi connectivity index (χ1v) is 11.4. The van der Waals surface area contributed by atoms with Crippen molar-refractivity contribution < 1.29 is 9.59 Å². The number of nitrogens with one attached hydrogen (secondary N) is 1. The smallest absolute Gasteiger partial charge is 0.278 e. The minimum atomic E-state index is -0.435. The van der Waals surface area contributed by atoms with Gasteiger partial charge in [0.25, 0.3) is 11.5 Å². The Hall–Kier alpha value is -2.72. The Morgan fingerprint density at radius 2 is 1.97 bits per heavy atom. The number of thiazole rings is 1. The van der Waals surface area contributed by atoms with E-state index in [1.807, 2.05) is 0 Å². The maximum Gasteiger partial charge on any atom is 0.278 e. The second-order valence-corrected chi connectivity index (χ2v) is 8.97. The van der Waals surface area contributed by atoms with Gasteiger partial charge in [0.1, 0.15) is 0 Å². The van der Waals surface area contributed by atoms with Crippen molar-refractivity contribution in [1.82, 2.24) is 14.8 Å². The molecule has 2 amide bonds. The average Bonchev–Trinajstić information content (AvgIpc) is 3.07. The number of anilines is 1. The fourth-order valence-electron chi connectivity index (χ4n) is 2.93. The van der Waals surface area contributed by atoms with Crippen molar-refractivity contribution in [1.29, 1.82) is 0 Å². The van der Waals surface area contributed by atoms with Crippen molar-refractivity contribution in [2.45, 2.75) is 43.9 Å². The highest BCUT2D eigenvalue weighted by Crippen LogP contribution is 2.32. The SMILES string of the molecule is CCCCCn1nc(C(=O)Nc2nc(C)c(SCC(N)=O)s2)c2ccccc2c1=O. The van der Waals surface area contributed by atoms with Gasteiger partial charge in [0.05, 0.1) is 21.0 Å². The number of thioether (sulfide) groups is 1. The summed E-state index contributed by atoms with van der Waals surface area (Å²) in [4.78, 5) is 41.1. The van der Waals surface area contributed by atoms with E-state index in [0.717, 1.165) is 23.5 Å². The number of rotatable bonds is 9. The Kier molecular flexibility index (Phi) is 7.22. The number of amides is 2. The fraction of sp³-hybridized carbons (Fsp3) is 0.350. The van der Waals surface area contributed by atoms with Crippen LogP contribution in [0.3, 0.4) is 0 Å². The molecule has 1 aromatic carbocycles. The predicted octanol–water partition coefficient (Wildman–Crippen LogP) is 3.18. The van der Waals surface area contributed by atoms with Crippen molar-refractivity contribution >= 4 is 50.8 Å². The summed E-state index contributed by atoms with van der Waals surface area (Å²) in [5.74, 6) is -0.708. The molecule has 0 aliphatic rings. The summed E-state index contributed by atoms with van der Waals surface area (Å²) in [5, 5.41) is 8.50. The summed E-state index contributed by atoms with van der Waals surface area (Å²) in [6.45, 7) is 4.35. The number of hydrogen-bond donors (Lipinski definition) is 2. The number of carbonyl (C=O) groups excluding carboxylic acids is 2. The lowest BCUT2D eigenvalue weighted by Crippen LogP contribution is -2.27. The molecular weight excluding hydrogens is 422 g/mol. The third-order valence-electron chi connectivity index (χ3n) is 4.38. The Morgan fingerprint density at radius 1 is 1.23 bits per heavy atom. The standard InChI is InChI=1S/C20H23N5O3S2/c1-3-4-7-10-25-18(28)14-9-6-5-8-13(14)16(24-25)17(27)23-20-22-12(2)19(30-20)29-11-15(21)26/h5-6,8-9H,3-4,7,10-11H2,1-2H3,(H2,21,26)(H,22,23,27). The highest BCUT2D eigenvalue weighted by molar-refractivity contribution is 8.01. The van der Waals surface area contributed by atoms with Gasteiger partial charge in [0.15, 0.2) is 10.8 Å². The van der Waals surface area contributed by atoms with Gasteiger partial charge in [-0.25, -0.2) is 9.67 Å². The summed E-state index contributed by atoms with van der Waals surface area (Å²) >= 11 is 2.56. The van der Waals surface area contributed by atoms with Crippen LogP contribution in [0.5, 0.6) is 0 Å². The van der Waals surface area contributed by atoms with Gasteiger partial charge in [0.2, 0.25) is 5.91 Å². The summed E-state index contributed by atoms with van der Waals surface area (Å²) < 4.78 is 2.18. The number of aromatic nitrogens is 3. The van der Waals surface area contributed by atoms with Crippen molar-refractivity contribution in [2.24, 2.45) is 5.73 Å². The van der Waals surface area contributed by atoms with Crippen LogP contribution in [-0.2, 0) is 11.3 Å². The number of carbonyl (C=O) groups is 2. The average molecular weight is 446 g/mol. The van der Waals surface area contributed by atoms with Crippen LogP contribution in [0, 0.1) is 6.92 Å². The van der Waals surface area contributed by atoms with E-state index in [9.17, 15) is 14.4 Å². The maximum atomic E-state index is 13.0. The molecule has 0 fully saturated rings. The number of hydrogen-bond acceptors (Lipinski definition) is 7. The minimum Gasteiger partial charge on any atom is -0.369 e. The number of fused-ring (bicyclic) bond motifs is 1. The zero-order chi connectivity index (χ0) is 21.7. The van der Waals surface area contributed by atoms with Gasteiger partial charge in [-0.3, -0.25) is 19.7 Å². The van der Waals surface area contributed by atoms with E-state index in [0.29, 0.717) is 28.1 Å². The molecule has 158 valence electrons. The molecule has 0 spiro atoms. The molecule has 0 aliphatic carbocycles. The molecule has 0 radical (unpaired) electrons. The first kappa shape index (κ1) is 22.0. The summed E-state index contributed by atoms with van der Waals surface area (Å²) in [6.07, 6.45) is 2.82. The molecule has 0 aliphatic heterocycles. The van der Waals surface area contributed by atoms with Crippen molar-refractivity contribution in [3.63, 3.8) is 0 Å². The van der Waals surface area contributed by atoms with Crippen LogP contribution >= 0.6 is 23.1 Å². The zero-order valence-electron chi connectivity index (χ0n) is 16.8.